The van der Waals surface area contributed by atoms with E-state index in [4.69, 9.17) is 23.2 Å². The molecular formula is C23H27Cl2NO3S2. The molecule has 0 N–H and O–H groups in total. The van der Waals surface area contributed by atoms with Crippen LogP contribution in [0.4, 0.5) is 0 Å². The summed E-state index contributed by atoms with van der Waals surface area (Å²) in [5.74, 6) is -0.761. The summed E-state index contributed by atoms with van der Waals surface area (Å²) in [6.45, 7) is 4.01. The number of hydrogen-bond acceptors (Lipinski definition) is 4. The lowest BCUT2D eigenvalue weighted by Gasteiger charge is -2.27. The Balaban J connectivity index is 2.02. The molecule has 1 aliphatic rings. The Bertz CT molecular complexity index is 995. The molecule has 2 atom stereocenters. The van der Waals surface area contributed by atoms with Crippen LogP contribution in [-0.4, -0.2) is 34.1 Å². The van der Waals surface area contributed by atoms with Gasteiger partial charge in [-0.2, -0.15) is 0 Å². The van der Waals surface area contributed by atoms with Gasteiger partial charge in [0.15, 0.2) is 0 Å². The van der Waals surface area contributed by atoms with Crippen molar-refractivity contribution >= 4 is 50.9 Å². The zero-order valence-corrected chi connectivity index (χ0v) is 20.8. The molecule has 4 nitrogen and oxygen atoms in total. The van der Waals surface area contributed by atoms with Gasteiger partial charge in [0, 0.05) is 0 Å². The van der Waals surface area contributed by atoms with Crippen molar-refractivity contribution in [1.29, 1.82) is 0 Å². The highest BCUT2D eigenvalue weighted by molar-refractivity contribution is 8.01. The lowest BCUT2D eigenvalue weighted by atomic mass is 9.97. The van der Waals surface area contributed by atoms with Gasteiger partial charge < -0.3 is 0 Å². The molecule has 0 bridgehead atoms. The van der Waals surface area contributed by atoms with Crippen LogP contribution in [0.3, 0.4) is 0 Å². The third-order valence-electron chi connectivity index (χ3n) is 5.42. The Morgan fingerprint density at radius 1 is 1.00 bits per heavy atom. The van der Waals surface area contributed by atoms with E-state index in [1.54, 1.807) is 12.1 Å². The number of alkyl halides is 2. The average molecular weight is 501 g/mol. The fourth-order valence-electron chi connectivity index (χ4n) is 3.71. The highest BCUT2D eigenvalue weighted by atomic mass is 35.5. The van der Waals surface area contributed by atoms with Crippen molar-refractivity contribution in [1.82, 2.24) is 4.31 Å². The Kier molecular flexibility index (Phi) is 8.00. The predicted octanol–water partition coefficient (Wildman–Crippen LogP) is 6.12. The number of rotatable bonds is 9. The van der Waals surface area contributed by atoms with Gasteiger partial charge >= 0.3 is 0 Å². The normalized spacial score (nSPS) is 20.9. The van der Waals surface area contributed by atoms with Crippen LogP contribution in [0.1, 0.15) is 49.7 Å². The zero-order valence-electron chi connectivity index (χ0n) is 17.6. The summed E-state index contributed by atoms with van der Waals surface area (Å²) in [5, 5.41) is -0.724. The first kappa shape index (κ1) is 24.4. The van der Waals surface area contributed by atoms with Gasteiger partial charge in [-0.1, -0.05) is 97.4 Å². The number of thioether (sulfide) groups is 1. The number of aryl methyl sites for hydroxylation is 1. The molecular weight excluding hydrogens is 473 g/mol. The summed E-state index contributed by atoms with van der Waals surface area (Å²) < 4.78 is 26.1. The second-order valence-electron chi connectivity index (χ2n) is 7.75. The van der Waals surface area contributed by atoms with Crippen molar-refractivity contribution in [2.45, 2.75) is 60.1 Å². The van der Waals surface area contributed by atoms with Gasteiger partial charge in [0.1, 0.15) is 5.37 Å². The van der Waals surface area contributed by atoms with E-state index in [0.29, 0.717) is 5.75 Å². The van der Waals surface area contributed by atoms with Crippen molar-refractivity contribution < 1.29 is 13.2 Å². The van der Waals surface area contributed by atoms with Crippen LogP contribution in [0.5, 0.6) is 0 Å². The molecule has 1 aliphatic heterocycles. The highest BCUT2D eigenvalue weighted by Gasteiger charge is 2.62. The molecule has 0 radical (unpaired) electrons. The van der Waals surface area contributed by atoms with Gasteiger partial charge in [-0.25, -0.2) is 12.7 Å². The molecule has 2 aromatic rings. The van der Waals surface area contributed by atoms with E-state index in [2.05, 4.69) is 6.92 Å². The minimum absolute atomic E-state index is 0.0564. The Morgan fingerprint density at radius 3 is 2.26 bits per heavy atom. The van der Waals surface area contributed by atoms with Crippen LogP contribution in [0.25, 0.3) is 0 Å². The maximum atomic E-state index is 13.5. The monoisotopic (exact) mass is 499 g/mol. The summed E-state index contributed by atoms with van der Waals surface area (Å²) in [6.07, 6.45) is 4.21. The summed E-state index contributed by atoms with van der Waals surface area (Å²) in [6, 6.07) is 15.7. The summed E-state index contributed by atoms with van der Waals surface area (Å²) in [5.41, 5.74) is 1.67. The molecule has 0 aliphatic carbocycles. The first-order valence-corrected chi connectivity index (χ1v) is 13.7. The number of amides is 1. The Hall–Kier alpha value is -1.21. The number of benzene rings is 2. The maximum Gasteiger partial charge on any atom is 0.274 e. The summed E-state index contributed by atoms with van der Waals surface area (Å²) in [7, 11) is -4.12. The molecule has 0 unspecified atom stereocenters. The largest absolute Gasteiger partial charge is 0.274 e. The fourth-order valence-corrected chi connectivity index (χ4v) is 8.02. The van der Waals surface area contributed by atoms with Crippen LogP contribution in [0.2, 0.25) is 0 Å². The van der Waals surface area contributed by atoms with Crippen LogP contribution < -0.4 is 0 Å². The van der Waals surface area contributed by atoms with Crippen LogP contribution in [0, 0.1) is 6.92 Å². The van der Waals surface area contributed by atoms with Gasteiger partial charge in [0.2, 0.25) is 4.33 Å². The first-order chi connectivity index (χ1) is 14.7. The second-order valence-corrected chi connectivity index (χ2v) is 12.2. The van der Waals surface area contributed by atoms with E-state index < -0.39 is 31.6 Å². The average Bonchev–Trinajstić information content (AvgIpc) is 2.94. The smallest absolute Gasteiger partial charge is 0.270 e. The number of sulfonamides is 1. The van der Waals surface area contributed by atoms with E-state index in [1.807, 2.05) is 37.3 Å². The Labute approximate surface area is 199 Å². The topological polar surface area (TPSA) is 54.5 Å². The van der Waals surface area contributed by atoms with Gasteiger partial charge in [0.05, 0.1) is 10.8 Å². The second kappa shape index (κ2) is 10.2. The molecule has 8 heteroatoms. The van der Waals surface area contributed by atoms with E-state index in [0.717, 1.165) is 41.1 Å². The number of halogens is 2. The van der Waals surface area contributed by atoms with E-state index in [9.17, 15) is 13.2 Å². The zero-order chi connectivity index (χ0) is 22.6. The number of unbranched alkanes of at least 4 members (excludes halogenated alkanes) is 3. The van der Waals surface area contributed by atoms with Gasteiger partial charge in [0.25, 0.3) is 15.9 Å². The minimum Gasteiger partial charge on any atom is -0.270 e. The quantitative estimate of drug-likeness (QED) is 0.307. The molecule has 1 fully saturated rings. The van der Waals surface area contributed by atoms with Crippen molar-refractivity contribution in [2.24, 2.45) is 0 Å². The molecule has 0 spiro atoms. The third kappa shape index (κ3) is 5.08. The molecule has 1 amide bonds. The van der Waals surface area contributed by atoms with Crippen molar-refractivity contribution in [3.05, 3.63) is 65.7 Å². The molecule has 168 valence electrons. The lowest BCUT2D eigenvalue weighted by Crippen LogP contribution is -2.40. The van der Waals surface area contributed by atoms with Gasteiger partial charge in [-0.3, -0.25) is 4.79 Å². The van der Waals surface area contributed by atoms with Crippen LogP contribution in [-0.2, 0) is 14.8 Å². The highest BCUT2D eigenvalue weighted by Crippen LogP contribution is 2.53. The van der Waals surface area contributed by atoms with E-state index >= 15 is 0 Å². The third-order valence-corrected chi connectivity index (χ3v) is 9.47. The Morgan fingerprint density at radius 2 is 1.65 bits per heavy atom. The summed E-state index contributed by atoms with van der Waals surface area (Å²) >= 11 is 14.6. The molecule has 31 heavy (non-hydrogen) atoms. The van der Waals surface area contributed by atoms with E-state index in [1.165, 1.54) is 23.9 Å². The van der Waals surface area contributed by atoms with Gasteiger partial charge in [-0.15, -0.1) is 11.8 Å². The number of carbonyl (C=O) groups excluding carboxylic acids is 1. The van der Waals surface area contributed by atoms with Crippen LogP contribution in [0.15, 0.2) is 59.5 Å². The molecule has 0 aromatic heterocycles. The maximum absolute atomic E-state index is 13.5. The summed E-state index contributed by atoms with van der Waals surface area (Å²) in [4.78, 5) is 13.4. The van der Waals surface area contributed by atoms with Gasteiger partial charge in [-0.05, 0) is 36.8 Å². The number of carbonyl (C=O) groups is 1. The number of hydrogen-bond donors (Lipinski definition) is 0. The molecule has 1 heterocycles. The first-order valence-electron chi connectivity index (χ1n) is 10.4. The van der Waals surface area contributed by atoms with Crippen LogP contribution >= 0.6 is 35.0 Å². The molecule has 1 saturated heterocycles. The van der Waals surface area contributed by atoms with Crippen molar-refractivity contribution in [3.8, 4) is 0 Å². The van der Waals surface area contributed by atoms with Crippen molar-refractivity contribution in [2.75, 3.05) is 5.75 Å². The lowest BCUT2D eigenvalue weighted by molar-refractivity contribution is -0.124. The van der Waals surface area contributed by atoms with E-state index in [-0.39, 0.29) is 4.90 Å². The SMILES string of the molecule is CCCCCCS[C@@H]1[C@@H](c2ccccc2)C(Cl)(Cl)C(=O)N1S(=O)(=O)c1ccc(C)cc1. The minimum atomic E-state index is -4.12. The fraction of sp³-hybridized carbons (Fsp3) is 0.435. The number of nitrogens with zero attached hydrogens (tertiary/aromatic N) is 1. The molecule has 2 aromatic carbocycles. The van der Waals surface area contributed by atoms with Crippen molar-refractivity contribution in [3.63, 3.8) is 0 Å². The standard InChI is InChI=1S/C23H27Cl2NO3S2/c1-3-4-5-9-16-30-21-20(18-10-7-6-8-11-18)23(24,25)22(27)26(21)31(28,29)19-14-12-17(2)13-15-19/h6-8,10-15,20-21H,3-5,9,16H2,1-2H3/t20-,21-/m1/s1. The molecule has 0 saturated carbocycles. The molecule has 3 rings (SSSR count). The predicted molar refractivity (Wildman–Crippen MR) is 129 cm³/mol.